The van der Waals surface area contributed by atoms with Crippen LogP contribution in [0.15, 0.2) is 24.3 Å². The van der Waals surface area contributed by atoms with E-state index in [2.05, 4.69) is 4.52 Å². The Bertz CT molecular complexity index is 360. The molecule has 5 nitrogen and oxygen atoms in total. The van der Waals surface area contributed by atoms with E-state index in [4.69, 9.17) is 26.1 Å². The summed E-state index contributed by atoms with van der Waals surface area (Å²) >= 11 is 5.66. The standard InChI is InChI=1S/C8H10ClO5P/c1-13-8(14-15(10,11)12)6-2-4-7(9)5-3-6/h2-5,8H,1H3,(H2,10,11,12). The molecule has 0 spiro atoms. The van der Waals surface area contributed by atoms with Crippen LogP contribution in [0.5, 0.6) is 0 Å². The third kappa shape index (κ3) is 4.30. The second kappa shape index (κ2) is 5.07. The number of benzene rings is 1. The number of ether oxygens (including phenoxy) is 1. The highest BCUT2D eigenvalue weighted by Crippen LogP contribution is 2.42. The van der Waals surface area contributed by atoms with E-state index in [9.17, 15) is 4.57 Å². The Balaban J connectivity index is 2.83. The molecule has 0 radical (unpaired) electrons. The molecule has 0 aromatic heterocycles. The van der Waals surface area contributed by atoms with E-state index in [1.54, 1.807) is 24.3 Å². The van der Waals surface area contributed by atoms with Crippen molar-refractivity contribution in [3.05, 3.63) is 34.9 Å². The summed E-state index contributed by atoms with van der Waals surface area (Å²) in [5.41, 5.74) is 0.477. The maximum Gasteiger partial charge on any atom is 0.472 e. The molecular formula is C8H10ClO5P. The summed E-state index contributed by atoms with van der Waals surface area (Å²) in [5.74, 6) is 0. The summed E-state index contributed by atoms with van der Waals surface area (Å²) in [7, 11) is -3.29. The van der Waals surface area contributed by atoms with Crippen molar-refractivity contribution >= 4 is 19.4 Å². The zero-order valence-electron chi connectivity index (χ0n) is 7.83. The molecule has 0 amide bonds. The fourth-order valence-electron chi connectivity index (χ4n) is 0.985. The van der Waals surface area contributed by atoms with E-state index in [1.165, 1.54) is 7.11 Å². The molecule has 1 atom stereocenters. The number of halogens is 1. The SMILES string of the molecule is COC(OP(=O)(O)O)c1ccc(Cl)cc1. The minimum absolute atomic E-state index is 0.477. The second-order valence-electron chi connectivity index (χ2n) is 2.72. The first-order chi connectivity index (χ1) is 6.92. The summed E-state index contributed by atoms with van der Waals surface area (Å²) in [5, 5.41) is 0.518. The maximum atomic E-state index is 10.6. The minimum Gasteiger partial charge on any atom is -0.351 e. The second-order valence-corrected chi connectivity index (χ2v) is 4.34. The highest BCUT2D eigenvalue weighted by atomic mass is 35.5. The van der Waals surface area contributed by atoms with E-state index in [1.807, 2.05) is 0 Å². The van der Waals surface area contributed by atoms with Gasteiger partial charge in [0.05, 0.1) is 0 Å². The quantitative estimate of drug-likeness (QED) is 0.634. The largest absolute Gasteiger partial charge is 0.472 e. The average Bonchev–Trinajstić information content (AvgIpc) is 2.14. The monoisotopic (exact) mass is 252 g/mol. The van der Waals surface area contributed by atoms with Crippen molar-refractivity contribution in [1.82, 2.24) is 0 Å². The van der Waals surface area contributed by atoms with Gasteiger partial charge >= 0.3 is 7.82 Å². The van der Waals surface area contributed by atoms with Gasteiger partial charge in [0, 0.05) is 17.7 Å². The lowest BCUT2D eigenvalue weighted by Gasteiger charge is -2.16. The molecule has 0 aliphatic heterocycles. The van der Waals surface area contributed by atoms with Crippen molar-refractivity contribution in [3.63, 3.8) is 0 Å². The predicted molar refractivity (Wildman–Crippen MR) is 54.3 cm³/mol. The molecule has 1 aromatic rings. The molecule has 1 unspecified atom stereocenters. The number of hydrogen-bond acceptors (Lipinski definition) is 3. The van der Waals surface area contributed by atoms with Gasteiger partial charge in [-0.2, -0.15) is 0 Å². The van der Waals surface area contributed by atoms with Crippen LogP contribution in [0.3, 0.4) is 0 Å². The molecular weight excluding hydrogens is 243 g/mol. The molecule has 0 aliphatic carbocycles. The van der Waals surface area contributed by atoms with Crippen LogP contribution >= 0.6 is 19.4 Å². The Morgan fingerprint density at radius 3 is 2.27 bits per heavy atom. The summed E-state index contributed by atoms with van der Waals surface area (Å²) < 4.78 is 19.8. The summed E-state index contributed by atoms with van der Waals surface area (Å²) in [6, 6.07) is 6.27. The fraction of sp³-hybridized carbons (Fsp3) is 0.250. The van der Waals surface area contributed by atoms with Gasteiger partial charge in [-0.1, -0.05) is 23.7 Å². The van der Waals surface area contributed by atoms with Crippen LogP contribution in [0.4, 0.5) is 0 Å². The number of phosphoric acid groups is 1. The number of hydrogen-bond donors (Lipinski definition) is 2. The van der Waals surface area contributed by atoms with E-state index in [0.717, 1.165) is 0 Å². The highest BCUT2D eigenvalue weighted by molar-refractivity contribution is 7.46. The third-order valence-electron chi connectivity index (χ3n) is 1.59. The Hall–Kier alpha value is -0.420. The van der Waals surface area contributed by atoms with Crippen molar-refractivity contribution in [2.75, 3.05) is 7.11 Å². The number of rotatable bonds is 4. The normalized spacial score (nSPS) is 13.9. The topological polar surface area (TPSA) is 76.0 Å². The van der Waals surface area contributed by atoms with Crippen LogP contribution in [0.2, 0.25) is 5.02 Å². The van der Waals surface area contributed by atoms with Gasteiger partial charge in [-0.3, -0.25) is 4.52 Å². The molecule has 0 aliphatic rings. The van der Waals surface area contributed by atoms with Crippen LogP contribution in [0.25, 0.3) is 0 Å². The van der Waals surface area contributed by atoms with Crippen LogP contribution in [-0.2, 0) is 13.8 Å². The minimum atomic E-state index is -4.57. The third-order valence-corrected chi connectivity index (χ3v) is 2.31. The van der Waals surface area contributed by atoms with Crippen LogP contribution in [-0.4, -0.2) is 16.9 Å². The maximum absolute atomic E-state index is 10.6. The molecule has 0 bridgehead atoms. The van der Waals surface area contributed by atoms with E-state index in [-0.39, 0.29) is 0 Å². The van der Waals surface area contributed by atoms with Crippen molar-refractivity contribution in [2.24, 2.45) is 0 Å². The lowest BCUT2D eigenvalue weighted by molar-refractivity contribution is -0.0712. The van der Waals surface area contributed by atoms with Crippen LogP contribution in [0, 0.1) is 0 Å². The molecule has 7 heteroatoms. The fourth-order valence-corrected chi connectivity index (χ4v) is 1.57. The molecule has 15 heavy (non-hydrogen) atoms. The van der Waals surface area contributed by atoms with E-state index in [0.29, 0.717) is 10.6 Å². The van der Waals surface area contributed by atoms with Crippen molar-refractivity contribution in [3.8, 4) is 0 Å². The van der Waals surface area contributed by atoms with Gasteiger partial charge in [0.2, 0.25) is 0 Å². The lowest BCUT2D eigenvalue weighted by atomic mass is 10.2. The van der Waals surface area contributed by atoms with Gasteiger partial charge in [0.1, 0.15) is 0 Å². The van der Waals surface area contributed by atoms with Crippen molar-refractivity contribution in [1.29, 1.82) is 0 Å². The predicted octanol–water partition coefficient (Wildman–Crippen LogP) is 2.09. The first-order valence-electron chi connectivity index (χ1n) is 3.94. The molecule has 2 N–H and O–H groups in total. The first kappa shape index (κ1) is 12.6. The van der Waals surface area contributed by atoms with Crippen molar-refractivity contribution in [2.45, 2.75) is 6.29 Å². The van der Waals surface area contributed by atoms with E-state index < -0.39 is 14.1 Å². The highest BCUT2D eigenvalue weighted by Gasteiger charge is 2.23. The van der Waals surface area contributed by atoms with Crippen LogP contribution in [0.1, 0.15) is 11.9 Å². The number of phosphoric ester groups is 1. The van der Waals surface area contributed by atoms with Gasteiger partial charge < -0.3 is 14.5 Å². The lowest BCUT2D eigenvalue weighted by Crippen LogP contribution is -2.04. The molecule has 1 rings (SSSR count). The first-order valence-corrected chi connectivity index (χ1v) is 5.85. The molecule has 0 saturated carbocycles. The van der Waals surface area contributed by atoms with Gasteiger partial charge in [0.25, 0.3) is 0 Å². The smallest absolute Gasteiger partial charge is 0.351 e. The molecule has 0 fully saturated rings. The van der Waals surface area contributed by atoms with Gasteiger partial charge in [-0.15, -0.1) is 0 Å². The molecule has 1 aromatic carbocycles. The zero-order chi connectivity index (χ0) is 11.5. The van der Waals surface area contributed by atoms with Crippen LogP contribution < -0.4 is 0 Å². The van der Waals surface area contributed by atoms with Gasteiger partial charge in [-0.05, 0) is 12.1 Å². The Labute approximate surface area is 91.8 Å². The van der Waals surface area contributed by atoms with Gasteiger partial charge in [0.15, 0.2) is 6.29 Å². The Morgan fingerprint density at radius 2 is 1.87 bits per heavy atom. The average molecular weight is 253 g/mol. The molecule has 0 heterocycles. The summed E-state index contributed by atoms with van der Waals surface area (Å²) in [6.45, 7) is 0. The molecule has 84 valence electrons. The zero-order valence-corrected chi connectivity index (χ0v) is 9.48. The summed E-state index contributed by atoms with van der Waals surface area (Å²) in [4.78, 5) is 17.2. The Morgan fingerprint density at radius 1 is 1.33 bits per heavy atom. The van der Waals surface area contributed by atoms with E-state index >= 15 is 0 Å². The van der Waals surface area contributed by atoms with Gasteiger partial charge in [-0.25, -0.2) is 4.57 Å². The van der Waals surface area contributed by atoms with Crippen molar-refractivity contribution < 1.29 is 23.6 Å². The summed E-state index contributed by atoms with van der Waals surface area (Å²) in [6.07, 6.45) is -1.11. The number of methoxy groups -OCH3 is 1. The molecule has 0 saturated heterocycles. The Kier molecular flexibility index (Phi) is 4.28.